The van der Waals surface area contributed by atoms with Gasteiger partial charge in [0.1, 0.15) is 0 Å². The van der Waals surface area contributed by atoms with E-state index in [1.54, 1.807) is 17.9 Å². The second-order valence-corrected chi connectivity index (χ2v) is 5.14. The van der Waals surface area contributed by atoms with Gasteiger partial charge < -0.3 is 10.2 Å². The van der Waals surface area contributed by atoms with Crippen molar-refractivity contribution in [3.8, 4) is 0 Å². The van der Waals surface area contributed by atoms with Crippen LogP contribution in [0.4, 0.5) is 5.69 Å². The van der Waals surface area contributed by atoms with Crippen LogP contribution in [-0.4, -0.2) is 24.9 Å². The highest BCUT2D eigenvalue weighted by molar-refractivity contribution is 5.97. The quantitative estimate of drug-likeness (QED) is 0.884. The molecule has 1 atom stereocenters. The van der Waals surface area contributed by atoms with E-state index in [4.69, 9.17) is 0 Å². The summed E-state index contributed by atoms with van der Waals surface area (Å²) < 4.78 is 0. The van der Waals surface area contributed by atoms with Crippen molar-refractivity contribution in [1.29, 1.82) is 0 Å². The molecular weight excluding hydrogens is 240 g/mol. The minimum Gasteiger partial charge on any atom is -0.352 e. The van der Waals surface area contributed by atoms with Gasteiger partial charge in [-0.3, -0.25) is 9.59 Å². The number of carbonyl (C=O) groups excluding carboxylic acids is 2. The molecule has 2 amide bonds. The van der Waals surface area contributed by atoms with Gasteiger partial charge in [0.25, 0.3) is 5.91 Å². The largest absolute Gasteiger partial charge is 0.352 e. The number of fused-ring (bicyclic) bond motifs is 1. The molecule has 0 aliphatic carbocycles. The van der Waals surface area contributed by atoms with Crippen molar-refractivity contribution in [2.75, 3.05) is 18.0 Å². The zero-order valence-corrected chi connectivity index (χ0v) is 11.7. The van der Waals surface area contributed by atoms with E-state index in [2.05, 4.69) is 12.2 Å². The van der Waals surface area contributed by atoms with Crippen LogP contribution in [0.25, 0.3) is 0 Å². The first-order valence-corrected chi connectivity index (χ1v) is 6.72. The fourth-order valence-corrected chi connectivity index (χ4v) is 2.56. The summed E-state index contributed by atoms with van der Waals surface area (Å²) in [6.45, 7) is 6.97. The third-order valence-corrected chi connectivity index (χ3v) is 3.41. The summed E-state index contributed by atoms with van der Waals surface area (Å²) >= 11 is 0. The van der Waals surface area contributed by atoms with Gasteiger partial charge in [-0.2, -0.15) is 0 Å². The molecule has 0 radical (unpaired) electrons. The monoisotopic (exact) mass is 260 g/mol. The Morgan fingerprint density at radius 1 is 1.42 bits per heavy atom. The Bertz CT molecular complexity index is 511. The van der Waals surface area contributed by atoms with Gasteiger partial charge >= 0.3 is 0 Å². The van der Waals surface area contributed by atoms with E-state index < -0.39 is 0 Å². The fourth-order valence-electron chi connectivity index (χ4n) is 2.56. The van der Waals surface area contributed by atoms with Crippen LogP contribution in [0.15, 0.2) is 18.2 Å². The topological polar surface area (TPSA) is 49.4 Å². The Morgan fingerprint density at radius 3 is 2.79 bits per heavy atom. The number of nitrogens with zero attached hydrogens (tertiary/aromatic N) is 1. The Labute approximate surface area is 113 Å². The maximum absolute atomic E-state index is 11.8. The third kappa shape index (κ3) is 2.78. The highest BCUT2D eigenvalue weighted by atomic mass is 16.2. The van der Waals surface area contributed by atoms with Gasteiger partial charge in [-0.15, -0.1) is 0 Å². The van der Waals surface area contributed by atoms with Gasteiger partial charge in [0.2, 0.25) is 5.91 Å². The van der Waals surface area contributed by atoms with Crippen molar-refractivity contribution in [3.63, 3.8) is 0 Å². The molecule has 0 saturated heterocycles. The Kier molecular flexibility index (Phi) is 3.88. The van der Waals surface area contributed by atoms with Crippen LogP contribution in [0.3, 0.4) is 0 Å². The lowest BCUT2D eigenvalue weighted by molar-refractivity contribution is -0.116. The highest BCUT2D eigenvalue weighted by Crippen LogP contribution is 2.30. The lowest BCUT2D eigenvalue weighted by Gasteiger charge is -2.32. The summed E-state index contributed by atoms with van der Waals surface area (Å²) in [6.07, 6.45) is 0.909. The Balaban J connectivity index is 2.36. The summed E-state index contributed by atoms with van der Waals surface area (Å²) in [5.41, 5.74) is 2.69. The highest BCUT2D eigenvalue weighted by Gasteiger charge is 2.25. The first-order valence-electron chi connectivity index (χ1n) is 6.72. The fraction of sp³-hybridized carbons (Fsp3) is 0.467. The van der Waals surface area contributed by atoms with Gasteiger partial charge in [0, 0.05) is 31.3 Å². The van der Waals surface area contributed by atoms with Gasteiger partial charge in [-0.25, -0.2) is 0 Å². The first-order chi connectivity index (χ1) is 9.02. The number of carbonyl (C=O) groups is 2. The van der Waals surface area contributed by atoms with Crippen LogP contribution in [0.5, 0.6) is 0 Å². The molecule has 0 aromatic heterocycles. The molecule has 1 unspecified atom stereocenters. The molecule has 4 nitrogen and oxygen atoms in total. The number of amides is 2. The first kappa shape index (κ1) is 13.6. The molecule has 1 aliphatic rings. The van der Waals surface area contributed by atoms with Crippen molar-refractivity contribution in [3.05, 3.63) is 29.3 Å². The van der Waals surface area contributed by atoms with Gasteiger partial charge in [0.15, 0.2) is 0 Å². The number of rotatable bonds is 2. The predicted molar refractivity (Wildman–Crippen MR) is 75.3 cm³/mol. The zero-order valence-electron chi connectivity index (χ0n) is 11.7. The van der Waals surface area contributed by atoms with Crippen molar-refractivity contribution in [1.82, 2.24) is 5.32 Å². The summed E-state index contributed by atoms with van der Waals surface area (Å²) in [7, 11) is 0. The van der Waals surface area contributed by atoms with Crippen LogP contribution in [-0.2, 0) is 11.2 Å². The van der Waals surface area contributed by atoms with Crippen LogP contribution < -0.4 is 10.2 Å². The van der Waals surface area contributed by atoms with Crippen LogP contribution in [0.1, 0.15) is 36.7 Å². The van der Waals surface area contributed by atoms with E-state index in [1.807, 2.05) is 19.1 Å². The predicted octanol–water partition coefficient (Wildman–Crippen LogP) is 1.98. The SMILES string of the molecule is CCNC(=O)c1ccc2c(c1)CC(C)CN2C(C)=O. The molecule has 1 aromatic rings. The summed E-state index contributed by atoms with van der Waals surface area (Å²) in [6, 6.07) is 5.58. The second-order valence-electron chi connectivity index (χ2n) is 5.14. The number of nitrogens with one attached hydrogen (secondary N) is 1. The number of hydrogen-bond donors (Lipinski definition) is 1. The molecule has 1 heterocycles. The molecule has 4 heteroatoms. The van der Waals surface area contributed by atoms with E-state index in [-0.39, 0.29) is 11.8 Å². The molecule has 1 aromatic carbocycles. The summed E-state index contributed by atoms with van der Waals surface area (Å²) in [5.74, 6) is 0.414. The van der Waals surface area contributed by atoms with Crippen molar-refractivity contribution in [2.24, 2.45) is 5.92 Å². The average molecular weight is 260 g/mol. The normalized spacial score (nSPS) is 17.8. The van der Waals surface area contributed by atoms with Crippen molar-refractivity contribution < 1.29 is 9.59 Å². The summed E-state index contributed by atoms with van der Waals surface area (Å²) in [5, 5.41) is 2.79. The lowest BCUT2D eigenvalue weighted by atomic mass is 9.92. The van der Waals surface area contributed by atoms with E-state index >= 15 is 0 Å². The smallest absolute Gasteiger partial charge is 0.251 e. The molecule has 102 valence electrons. The standard InChI is InChI=1S/C15H20N2O2/c1-4-16-15(19)12-5-6-14-13(8-12)7-10(2)9-17(14)11(3)18/h5-6,8,10H,4,7,9H2,1-3H3,(H,16,19). The van der Waals surface area contributed by atoms with Crippen molar-refractivity contribution >= 4 is 17.5 Å². The Hall–Kier alpha value is -1.84. The van der Waals surface area contributed by atoms with Gasteiger partial charge in [0.05, 0.1) is 0 Å². The van der Waals surface area contributed by atoms with E-state index in [1.165, 1.54) is 0 Å². The molecule has 0 saturated carbocycles. The molecule has 1 aliphatic heterocycles. The van der Waals surface area contributed by atoms with Crippen molar-refractivity contribution in [2.45, 2.75) is 27.2 Å². The molecule has 19 heavy (non-hydrogen) atoms. The number of hydrogen-bond acceptors (Lipinski definition) is 2. The molecular formula is C15H20N2O2. The van der Waals surface area contributed by atoms with E-state index in [9.17, 15) is 9.59 Å². The van der Waals surface area contributed by atoms with Crippen LogP contribution in [0.2, 0.25) is 0 Å². The van der Waals surface area contributed by atoms with Crippen LogP contribution in [0, 0.1) is 5.92 Å². The number of benzene rings is 1. The Morgan fingerprint density at radius 2 is 2.16 bits per heavy atom. The maximum atomic E-state index is 11.8. The summed E-state index contributed by atoms with van der Waals surface area (Å²) in [4.78, 5) is 25.3. The molecule has 0 bridgehead atoms. The number of anilines is 1. The average Bonchev–Trinajstić information content (AvgIpc) is 2.37. The van der Waals surface area contributed by atoms with E-state index in [0.29, 0.717) is 18.0 Å². The van der Waals surface area contributed by atoms with Gasteiger partial charge in [-0.05, 0) is 43.0 Å². The molecule has 1 N–H and O–H groups in total. The third-order valence-electron chi connectivity index (χ3n) is 3.41. The zero-order chi connectivity index (χ0) is 14.0. The molecule has 0 fully saturated rings. The molecule has 0 spiro atoms. The molecule has 2 rings (SSSR count). The maximum Gasteiger partial charge on any atom is 0.251 e. The van der Waals surface area contributed by atoms with E-state index in [0.717, 1.165) is 24.2 Å². The minimum atomic E-state index is -0.0575. The second kappa shape index (κ2) is 5.43. The minimum absolute atomic E-state index is 0.0542. The van der Waals surface area contributed by atoms with Crippen LogP contribution >= 0.6 is 0 Å². The van der Waals surface area contributed by atoms with Gasteiger partial charge in [-0.1, -0.05) is 6.92 Å². The lowest BCUT2D eigenvalue weighted by Crippen LogP contribution is -2.38.